The van der Waals surface area contributed by atoms with Crippen LogP contribution in [0.1, 0.15) is 6.92 Å². The van der Waals surface area contributed by atoms with Crippen LogP contribution in [-0.4, -0.2) is 64.8 Å². The van der Waals surface area contributed by atoms with Gasteiger partial charge in [0.25, 0.3) is 11.8 Å². The van der Waals surface area contributed by atoms with Crippen molar-refractivity contribution in [2.24, 2.45) is 0 Å². The maximum Gasteiger partial charge on any atom is 0.268 e. The van der Waals surface area contributed by atoms with Gasteiger partial charge in [0, 0.05) is 26.2 Å². The minimum Gasteiger partial charge on any atom is -0.414 e. The van der Waals surface area contributed by atoms with E-state index in [9.17, 15) is 17.2 Å². The van der Waals surface area contributed by atoms with E-state index < -0.39 is 27.2 Å². The van der Waals surface area contributed by atoms with E-state index in [0.717, 1.165) is 12.1 Å². The molecule has 12 heteroatoms. The Bertz CT molecular complexity index is 1140. The van der Waals surface area contributed by atoms with Gasteiger partial charge in [-0.3, -0.25) is 4.98 Å². The lowest BCUT2D eigenvalue weighted by Crippen LogP contribution is -2.49. The molecule has 2 aromatic heterocycles. The van der Waals surface area contributed by atoms with E-state index in [0.29, 0.717) is 32.0 Å². The van der Waals surface area contributed by atoms with E-state index in [-0.39, 0.29) is 23.2 Å². The molecule has 1 saturated heterocycles. The number of rotatable bonds is 5. The van der Waals surface area contributed by atoms with Crippen molar-refractivity contribution in [3.05, 3.63) is 42.2 Å². The first kappa shape index (κ1) is 20.3. The number of hydrogen-bond acceptors (Lipinski definition) is 8. The smallest absolute Gasteiger partial charge is 0.268 e. The van der Waals surface area contributed by atoms with E-state index in [1.54, 1.807) is 13.1 Å². The van der Waals surface area contributed by atoms with Gasteiger partial charge in [0.05, 0.1) is 18.1 Å². The van der Waals surface area contributed by atoms with Crippen molar-refractivity contribution in [1.29, 1.82) is 0 Å². The SMILES string of the molecule is CCS(=O)(=O)N1CCN(c2cncc(-c3nnc(-c4c(F)cccc4F)o3)n2)CC1. The molecule has 0 spiro atoms. The summed E-state index contributed by atoms with van der Waals surface area (Å²) in [6.45, 7) is 3.21. The molecule has 0 bridgehead atoms. The predicted molar refractivity (Wildman–Crippen MR) is 104 cm³/mol. The van der Waals surface area contributed by atoms with Gasteiger partial charge >= 0.3 is 0 Å². The first-order valence-corrected chi connectivity index (χ1v) is 10.8. The molecule has 30 heavy (non-hydrogen) atoms. The fourth-order valence-corrected chi connectivity index (χ4v) is 4.20. The van der Waals surface area contributed by atoms with Crippen LogP contribution in [-0.2, 0) is 10.0 Å². The third-order valence-electron chi connectivity index (χ3n) is 4.76. The van der Waals surface area contributed by atoms with E-state index in [1.807, 2.05) is 4.90 Å². The van der Waals surface area contributed by atoms with Gasteiger partial charge in [-0.1, -0.05) is 6.07 Å². The summed E-state index contributed by atoms with van der Waals surface area (Å²) in [6, 6.07) is 3.44. The van der Waals surface area contributed by atoms with Gasteiger partial charge in [-0.05, 0) is 19.1 Å². The van der Waals surface area contributed by atoms with Crippen molar-refractivity contribution < 1.29 is 21.6 Å². The topological polar surface area (TPSA) is 105 Å². The average molecular weight is 436 g/mol. The normalized spacial score (nSPS) is 15.5. The Kier molecular flexibility index (Phi) is 5.43. The third kappa shape index (κ3) is 3.87. The number of hydrogen-bond donors (Lipinski definition) is 0. The summed E-state index contributed by atoms with van der Waals surface area (Å²) >= 11 is 0. The highest BCUT2D eigenvalue weighted by molar-refractivity contribution is 7.89. The number of anilines is 1. The Morgan fingerprint density at radius 3 is 2.37 bits per heavy atom. The Balaban J connectivity index is 1.55. The molecule has 1 aromatic carbocycles. The monoisotopic (exact) mass is 436 g/mol. The van der Waals surface area contributed by atoms with Gasteiger partial charge in [-0.25, -0.2) is 22.2 Å². The second-order valence-corrected chi connectivity index (χ2v) is 8.82. The Morgan fingerprint density at radius 2 is 1.70 bits per heavy atom. The maximum atomic E-state index is 13.9. The summed E-state index contributed by atoms with van der Waals surface area (Å²) in [4.78, 5) is 10.5. The molecule has 158 valence electrons. The first-order chi connectivity index (χ1) is 14.4. The molecular formula is C18H18F2N6O3S. The summed E-state index contributed by atoms with van der Waals surface area (Å²) in [7, 11) is -3.23. The molecule has 1 aliphatic rings. The zero-order valence-corrected chi connectivity index (χ0v) is 16.8. The Morgan fingerprint density at radius 1 is 1.03 bits per heavy atom. The lowest BCUT2D eigenvalue weighted by Gasteiger charge is -2.34. The molecule has 0 unspecified atom stereocenters. The summed E-state index contributed by atoms with van der Waals surface area (Å²) < 4.78 is 58.8. The van der Waals surface area contributed by atoms with Crippen LogP contribution in [0.3, 0.4) is 0 Å². The quantitative estimate of drug-likeness (QED) is 0.598. The highest BCUT2D eigenvalue weighted by atomic mass is 32.2. The molecule has 9 nitrogen and oxygen atoms in total. The molecule has 0 aliphatic carbocycles. The number of nitrogens with zero attached hydrogens (tertiary/aromatic N) is 6. The van der Waals surface area contributed by atoms with Crippen molar-refractivity contribution in [1.82, 2.24) is 24.5 Å². The summed E-state index contributed by atoms with van der Waals surface area (Å²) in [5.41, 5.74) is -0.166. The van der Waals surface area contributed by atoms with Crippen LogP contribution >= 0.6 is 0 Å². The summed E-state index contributed by atoms with van der Waals surface area (Å²) in [5.74, 6) is -1.39. The van der Waals surface area contributed by atoms with E-state index >= 15 is 0 Å². The minimum atomic E-state index is -3.23. The lowest BCUT2D eigenvalue weighted by atomic mass is 10.2. The third-order valence-corrected chi connectivity index (χ3v) is 6.64. The maximum absolute atomic E-state index is 13.9. The lowest BCUT2D eigenvalue weighted by molar-refractivity contribution is 0.384. The molecule has 0 radical (unpaired) electrons. The fraction of sp³-hybridized carbons (Fsp3) is 0.333. The van der Waals surface area contributed by atoms with E-state index in [2.05, 4.69) is 20.2 Å². The summed E-state index contributed by atoms with van der Waals surface area (Å²) in [5, 5.41) is 7.55. The van der Waals surface area contributed by atoms with Gasteiger partial charge in [0.2, 0.25) is 10.0 Å². The molecule has 0 saturated carbocycles. The van der Waals surface area contributed by atoms with Gasteiger partial charge in [0.1, 0.15) is 28.7 Å². The van der Waals surface area contributed by atoms with Gasteiger partial charge in [-0.2, -0.15) is 4.31 Å². The van der Waals surface area contributed by atoms with Crippen LogP contribution < -0.4 is 4.90 Å². The van der Waals surface area contributed by atoms with Crippen LogP contribution in [0.2, 0.25) is 0 Å². The first-order valence-electron chi connectivity index (χ1n) is 9.22. The fourth-order valence-electron chi connectivity index (χ4n) is 3.12. The molecule has 1 aliphatic heterocycles. The summed E-state index contributed by atoms with van der Waals surface area (Å²) in [6.07, 6.45) is 2.94. The molecule has 0 atom stereocenters. The standard InChI is InChI=1S/C18H18F2N6O3S/c1-2-30(27,28)26-8-6-25(7-9-26)15-11-21-10-14(22-15)17-23-24-18(29-17)16-12(19)4-3-5-13(16)20/h3-5,10-11H,2,6-9H2,1H3. The van der Waals surface area contributed by atoms with Gasteiger partial charge in [0.15, 0.2) is 0 Å². The van der Waals surface area contributed by atoms with Crippen molar-refractivity contribution in [3.63, 3.8) is 0 Å². The molecule has 0 N–H and O–H groups in total. The number of aromatic nitrogens is 4. The molecule has 4 rings (SSSR count). The van der Waals surface area contributed by atoms with Gasteiger partial charge in [-0.15, -0.1) is 10.2 Å². The average Bonchev–Trinajstić information content (AvgIpc) is 3.24. The van der Waals surface area contributed by atoms with Crippen molar-refractivity contribution in [2.45, 2.75) is 6.92 Å². The van der Waals surface area contributed by atoms with Crippen LogP contribution in [0.15, 0.2) is 35.0 Å². The highest BCUT2D eigenvalue weighted by Crippen LogP contribution is 2.28. The van der Waals surface area contributed by atoms with Gasteiger partial charge < -0.3 is 9.32 Å². The number of sulfonamides is 1. The minimum absolute atomic E-state index is 0.0331. The number of halogens is 2. The zero-order chi connectivity index (χ0) is 21.3. The zero-order valence-electron chi connectivity index (χ0n) is 16.0. The van der Waals surface area contributed by atoms with Crippen molar-refractivity contribution >= 4 is 15.8 Å². The molecule has 3 heterocycles. The second kappa shape index (κ2) is 8.03. The van der Waals surface area contributed by atoms with E-state index in [4.69, 9.17) is 4.42 Å². The van der Waals surface area contributed by atoms with Crippen molar-refractivity contribution in [2.75, 3.05) is 36.8 Å². The predicted octanol–water partition coefficient (Wildman–Crippen LogP) is 1.94. The number of benzene rings is 1. The Labute approximate surface area is 171 Å². The molecule has 3 aromatic rings. The Hall–Kier alpha value is -2.99. The van der Waals surface area contributed by atoms with Crippen LogP contribution in [0.25, 0.3) is 23.0 Å². The molecular weight excluding hydrogens is 418 g/mol. The van der Waals surface area contributed by atoms with E-state index in [1.165, 1.54) is 16.6 Å². The van der Waals surface area contributed by atoms with Crippen LogP contribution in [0.5, 0.6) is 0 Å². The van der Waals surface area contributed by atoms with Crippen molar-refractivity contribution in [3.8, 4) is 23.0 Å². The molecule has 1 fully saturated rings. The number of piperazine rings is 1. The van der Waals surface area contributed by atoms with Crippen LogP contribution in [0, 0.1) is 11.6 Å². The second-order valence-electron chi connectivity index (χ2n) is 6.56. The highest BCUT2D eigenvalue weighted by Gasteiger charge is 2.26. The van der Waals surface area contributed by atoms with Crippen LogP contribution in [0.4, 0.5) is 14.6 Å². The largest absolute Gasteiger partial charge is 0.414 e. The molecule has 0 amide bonds.